The number of rotatable bonds is 4. The van der Waals surface area contributed by atoms with Crippen molar-refractivity contribution >= 4 is 28.7 Å². The molecule has 0 spiro atoms. The molecule has 0 saturated carbocycles. The van der Waals surface area contributed by atoms with Crippen molar-refractivity contribution in [3.05, 3.63) is 48.0 Å². The second-order valence-corrected chi connectivity index (χ2v) is 4.71. The first-order valence-electron chi connectivity index (χ1n) is 6.28. The van der Waals surface area contributed by atoms with Crippen LogP contribution in [-0.2, 0) is 0 Å². The average Bonchev–Trinajstić information content (AvgIpc) is 2.46. The Kier molecular flexibility index (Phi) is 5.11. The van der Waals surface area contributed by atoms with Gasteiger partial charge in [-0.2, -0.15) is 0 Å². The molecule has 0 aliphatic carbocycles. The minimum absolute atomic E-state index is 0.175. The Morgan fingerprint density at radius 2 is 1.64 bits per heavy atom. The predicted octanol–water partition coefficient (Wildman–Crippen LogP) is 3.79. The van der Waals surface area contributed by atoms with Crippen molar-refractivity contribution in [1.82, 2.24) is 0 Å². The summed E-state index contributed by atoms with van der Waals surface area (Å²) in [6, 6.07) is 8.21. The van der Waals surface area contributed by atoms with E-state index in [9.17, 15) is 8.78 Å². The zero-order valence-corrected chi connectivity index (χ0v) is 12.8. The van der Waals surface area contributed by atoms with E-state index in [1.165, 1.54) is 7.11 Å². The largest absolute Gasteiger partial charge is 0.497 e. The molecule has 2 rings (SSSR count). The van der Waals surface area contributed by atoms with Gasteiger partial charge >= 0.3 is 0 Å². The van der Waals surface area contributed by atoms with Gasteiger partial charge in [0, 0.05) is 17.8 Å². The summed E-state index contributed by atoms with van der Waals surface area (Å²) in [5.74, 6) is -0.220. The van der Waals surface area contributed by atoms with Crippen molar-refractivity contribution in [2.24, 2.45) is 0 Å². The summed E-state index contributed by atoms with van der Waals surface area (Å²) in [6.07, 6.45) is 0. The third-order valence-corrected chi connectivity index (χ3v) is 2.98. The van der Waals surface area contributed by atoms with Gasteiger partial charge < -0.3 is 20.1 Å². The zero-order chi connectivity index (χ0) is 16.1. The topological polar surface area (TPSA) is 42.5 Å². The summed E-state index contributed by atoms with van der Waals surface area (Å²) in [6.45, 7) is 0. The molecule has 0 saturated heterocycles. The number of thiocarbonyl (C=S) groups is 1. The van der Waals surface area contributed by atoms with E-state index in [-0.39, 0.29) is 10.8 Å². The molecule has 116 valence electrons. The molecule has 0 heterocycles. The lowest BCUT2D eigenvalue weighted by atomic mass is 10.2. The molecule has 2 aromatic carbocycles. The van der Waals surface area contributed by atoms with Crippen LogP contribution in [0.2, 0.25) is 0 Å². The van der Waals surface area contributed by atoms with E-state index in [4.69, 9.17) is 21.7 Å². The van der Waals surface area contributed by atoms with Gasteiger partial charge in [0.15, 0.2) is 5.11 Å². The number of benzene rings is 2. The third kappa shape index (κ3) is 4.05. The van der Waals surface area contributed by atoms with Crippen molar-refractivity contribution in [2.75, 3.05) is 24.9 Å². The Bertz CT molecular complexity index is 675. The highest BCUT2D eigenvalue weighted by Crippen LogP contribution is 2.29. The number of halogens is 2. The minimum atomic E-state index is -0.688. The Hall–Kier alpha value is -2.41. The number of methoxy groups -OCH3 is 2. The fourth-order valence-corrected chi connectivity index (χ4v) is 2.04. The smallest absolute Gasteiger partial charge is 0.175 e. The Morgan fingerprint density at radius 1 is 0.955 bits per heavy atom. The first kappa shape index (κ1) is 16.0. The predicted molar refractivity (Wildman–Crippen MR) is 85.7 cm³/mol. The number of hydrogen-bond donors (Lipinski definition) is 2. The van der Waals surface area contributed by atoms with Crippen LogP contribution in [0.4, 0.5) is 20.2 Å². The summed E-state index contributed by atoms with van der Waals surface area (Å²) in [5, 5.41) is 5.78. The summed E-state index contributed by atoms with van der Waals surface area (Å²) in [7, 11) is 3.06. The molecule has 0 aliphatic heterocycles. The van der Waals surface area contributed by atoms with E-state index in [2.05, 4.69) is 10.6 Å². The van der Waals surface area contributed by atoms with E-state index in [1.54, 1.807) is 25.3 Å². The van der Waals surface area contributed by atoms with Crippen molar-refractivity contribution in [1.29, 1.82) is 0 Å². The molecule has 0 bridgehead atoms. The normalized spacial score (nSPS) is 10.0. The van der Waals surface area contributed by atoms with Crippen LogP contribution in [0.25, 0.3) is 0 Å². The van der Waals surface area contributed by atoms with Gasteiger partial charge in [0.25, 0.3) is 0 Å². The molecular formula is C15H14F2N2O2S. The van der Waals surface area contributed by atoms with E-state index in [0.29, 0.717) is 17.2 Å². The fraction of sp³-hybridized carbons (Fsp3) is 0.133. The summed E-state index contributed by atoms with van der Waals surface area (Å²) >= 11 is 5.12. The molecule has 0 aromatic heterocycles. The minimum Gasteiger partial charge on any atom is -0.497 e. The second-order valence-electron chi connectivity index (χ2n) is 4.30. The van der Waals surface area contributed by atoms with Gasteiger partial charge in [-0.25, -0.2) is 8.78 Å². The first-order valence-corrected chi connectivity index (χ1v) is 6.69. The molecule has 4 nitrogen and oxygen atoms in total. The molecule has 0 unspecified atom stereocenters. The van der Waals surface area contributed by atoms with E-state index in [0.717, 1.165) is 18.2 Å². The van der Waals surface area contributed by atoms with Gasteiger partial charge in [0.05, 0.1) is 19.9 Å². The summed E-state index contributed by atoms with van der Waals surface area (Å²) in [4.78, 5) is 0. The van der Waals surface area contributed by atoms with Crippen LogP contribution in [0.5, 0.6) is 11.5 Å². The number of anilines is 2. The molecule has 7 heteroatoms. The highest BCUT2D eigenvalue weighted by atomic mass is 32.1. The second kappa shape index (κ2) is 7.04. The maximum atomic E-state index is 13.1. The first-order chi connectivity index (χ1) is 10.5. The maximum absolute atomic E-state index is 13.1. The van der Waals surface area contributed by atoms with E-state index >= 15 is 0 Å². The molecule has 0 fully saturated rings. The monoisotopic (exact) mass is 324 g/mol. The van der Waals surface area contributed by atoms with Crippen LogP contribution in [0.1, 0.15) is 0 Å². The number of hydrogen-bond acceptors (Lipinski definition) is 3. The van der Waals surface area contributed by atoms with Gasteiger partial charge in [-0.15, -0.1) is 0 Å². The quantitative estimate of drug-likeness (QED) is 0.838. The summed E-state index contributed by atoms with van der Waals surface area (Å²) in [5.41, 5.74) is 0.806. The molecule has 2 aromatic rings. The van der Waals surface area contributed by atoms with Gasteiger partial charge in [-0.3, -0.25) is 0 Å². The Labute approximate surface area is 132 Å². The molecule has 0 atom stereocenters. The summed E-state index contributed by atoms with van der Waals surface area (Å²) < 4.78 is 36.6. The molecule has 0 aliphatic rings. The van der Waals surface area contributed by atoms with E-state index < -0.39 is 11.6 Å². The molecular weight excluding hydrogens is 310 g/mol. The lowest BCUT2D eigenvalue weighted by Crippen LogP contribution is -2.19. The SMILES string of the molecule is COc1ccc(NC(=S)Nc2cc(F)cc(F)c2)c(OC)c1. The van der Waals surface area contributed by atoms with Crippen molar-refractivity contribution in [3.8, 4) is 11.5 Å². The van der Waals surface area contributed by atoms with Crippen LogP contribution in [-0.4, -0.2) is 19.3 Å². The fourth-order valence-electron chi connectivity index (χ4n) is 1.81. The van der Waals surface area contributed by atoms with Crippen LogP contribution in [0.3, 0.4) is 0 Å². The van der Waals surface area contributed by atoms with Crippen molar-refractivity contribution < 1.29 is 18.3 Å². The lowest BCUT2D eigenvalue weighted by Gasteiger charge is -2.14. The molecule has 2 N–H and O–H groups in total. The van der Waals surface area contributed by atoms with Crippen LogP contribution in [0.15, 0.2) is 36.4 Å². The Morgan fingerprint density at radius 3 is 2.23 bits per heavy atom. The highest BCUT2D eigenvalue weighted by molar-refractivity contribution is 7.80. The van der Waals surface area contributed by atoms with Gasteiger partial charge in [0.2, 0.25) is 0 Å². The number of ether oxygens (including phenoxy) is 2. The molecule has 0 amide bonds. The van der Waals surface area contributed by atoms with E-state index in [1.807, 2.05) is 0 Å². The lowest BCUT2D eigenvalue weighted by molar-refractivity contribution is 0.395. The van der Waals surface area contributed by atoms with Crippen LogP contribution in [0, 0.1) is 11.6 Å². The van der Waals surface area contributed by atoms with Crippen molar-refractivity contribution in [3.63, 3.8) is 0 Å². The Balaban J connectivity index is 2.11. The zero-order valence-electron chi connectivity index (χ0n) is 11.9. The maximum Gasteiger partial charge on any atom is 0.175 e. The van der Waals surface area contributed by atoms with Gasteiger partial charge in [0.1, 0.15) is 23.1 Å². The molecule has 0 radical (unpaired) electrons. The van der Waals surface area contributed by atoms with Crippen LogP contribution >= 0.6 is 12.2 Å². The van der Waals surface area contributed by atoms with Gasteiger partial charge in [-0.1, -0.05) is 0 Å². The molecule has 22 heavy (non-hydrogen) atoms. The standard InChI is InChI=1S/C15H14F2N2O2S/c1-20-12-3-4-13(14(8-12)21-2)19-15(22)18-11-6-9(16)5-10(17)7-11/h3-8H,1-2H3,(H2,18,19,22). The average molecular weight is 324 g/mol. The number of nitrogens with one attached hydrogen (secondary N) is 2. The van der Waals surface area contributed by atoms with Gasteiger partial charge in [-0.05, 0) is 36.5 Å². The van der Waals surface area contributed by atoms with Crippen LogP contribution < -0.4 is 20.1 Å². The highest BCUT2D eigenvalue weighted by Gasteiger charge is 2.08. The van der Waals surface area contributed by atoms with Crippen molar-refractivity contribution in [2.45, 2.75) is 0 Å². The third-order valence-electron chi connectivity index (χ3n) is 2.78.